The lowest BCUT2D eigenvalue weighted by Crippen LogP contribution is -2.31. The number of carbonyl (C=O) groups is 2. The molecule has 1 N–H and O–H groups in total. The summed E-state index contributed by atoms with van der Waals surface area (Å²) in [5, 5.41) is 2.95. The standard InChI is InChI=1S/C21H28N4O2/c1-4-24(5-2)21(27)18-17-8-6-7-13-25(17)19(23-18)20(26)22-14-16-11-9-15(3)10-12-16/h9-12H,4-8,13-14H2,1-3H3,(H,22,26). The predicted molar refractivity (Wildman–Crippen MR) is 105 cm³/mol. The lowest BCUT2D eigenvalue weighted by molar-refractivity contribution is 0.0766. The molecule has 144 valence electrons. The third-order valence-corrected chi connectivity index (χ3v) is 5.15. The van der Waals surface area contributed by atoms with Gasteiger partial charge in [-0.15, -0.1) is 0 Å². The predicted octanol–water partition coefficient (Wildman–Crippen LogP) is 2.94. The van der Waals surface area contributed by atoms with Crippen LogP contribution in [-0.4, -0.2) is 39.4 Å². The molecule has 0 saturated carbocycles. The first-order valence-corrected chi connectivity index (χ1v) is 9.77. The van der Waals surface area contributed by atoms with E-state index in [0.717, 1.165) is 37.1 Å². The molecule has 1 aliphatic rings. The van der Waals surface area contributed by atoms with E-state index in [0.29, 0.717) is 31.2 Å². The molecule has 6 nitrogen and oxygen atoms in total. The van der Waals surface area contributed by atoms with E-state index in [9.17, 15) is 9.59 Å². The largest absolute Gasteiger partial charge is 0.345 e. The molecule has 1 aromatic heterocycles. The topological polar surface area (TPSA) is 67.2 Å². The number of hydrogen-bond acceptors (Lipinski definition) is 3. The molecule has 0 fully saturated rings. The van der Waals surface area contributed by atoms with Crippen molar-refractivity contribution in [1.29, 1.82) is 0 Å². The number of hydrogen-bond donors (Lipinski definition) is 1. The second kappa shape index (κ2) is 8.37. The first-order chi connectivity index (χ1) is 13.0. The van der Waals surface area contributed by atoms with Crippen LogP contribution < -0.4 is 5.32 Å². The molecule has 0 unspecified atom stereocenters. The van der Waals surface area contributed by atoms with Crippen LogP contribution in [0.15, 0.2) is 24.3 Å². The summed E-state index contributed by atoms with van der Waals surface area (Å²) in [7, 11) is 0. The van der Waals surface area contributed by atoms with Crippen LogP contribution in [0, 0.1) is 6.92 Å². The fraction of sp³-hybridized carbons (Fsp3) is 0.476. The van der Waals surface area contributed by atoms with Crippen molar-refractivity contribution >= 4 is 11.8 Å². The number of nitrogens with zero attached hydrogens (tertiary/aromatic N) is 3. The lowest BCUT2D eigenvalue weighted by Gasteiger charge is -2.20. The molecule has 6 heteroatoms. The summed E-state index contributed by atoms with van der Waals surface area (Å²) in [6, 6.07) is 8.07. The van der Waals surface area contributed by atoms with Crippen LogP contribution in [0.3, 0.4) is 0 Å². The Balaban J connectivity index is 1.83. The van der Waals surface area contributed by atoms with Crippen molar-refractivity contribution in [2.75, 3.05) is 13.1 Å². The van der Waals surface area contributed by atoms with E-state index in [4.69, 9.17) is 0 Å². The van der Waals surface area contributed by atoms with Crippen LogP contribution in [0.2, 0.25) is 0 Å². The molecule has 0 aliphatic carbocycles. The van der Waals surface area contributed by atoms with Gasteiger partial charge in [0.05, 0.1) is 5.69 Å². The fourth-order valence-electron chi connectivity index (χ4n) is 3.52. The van der Waals surface area contributed by atoms with Gasteiger partial charge in [-0.05, 0) is 45.6 Å². The van der Waals surface area contributed by atoms with E-state index in [1.165, 1.54) is 5.56 Å². The Kier molecular flexibility index (Phi) is 5.94. The Bertz CT molecular complexity index is 819. The van der Waals surface area contributed by atoms with Gasteiger partial charge in [0, 0.05) is 26.2 Å². The number of benzene rings is 1. The molecule has 0 atom stereocenters. The normalized spacial score (nSPS) is 13.1. The van der Waals surface area contributed by atoms with Gasteiger partial charge in [-0.3, -0.25) is 9.59 Å². The summed E-state index contributed by atoms with van der Waals surface area (Å²) in [6.45, 7) is 8.40. The van der Waals surface area contributed by atoms with E-state index in [2.05, 4.69) is 10.3 Å². The summed E-state index contributed by atoms with van der Waals surface area (Å²) < 4.78 is 1.94. The Hall–Kier alpha value is -2.63. The van der Waals surface area contributed by atoms with Crippen molar-refractivity contribution < 1.29 is 9.59 Å². The van der Waals surface area contributed by atoms with Crippen molar-refractivity contribution in [3.05, 3.63) is 52.6 Å². The number of aryl methyl sites for hydroxylation is 1. The lowest BCUT2D eigenvalue weighted by atomic mass is 10.1. The average Bonchev–Trinajstić information content (AvgIpc) is 3.08. The zero-order valence-corrected chi connectivity index (χ0v) is 16.4. The molecule has 2 heterocycles. The molecule has 1 aliphatic heterocycles. The van der Waals surface area contributed by atoms with Crippen molar-refractivity contribution in [2.45, 2.75) is 53.1 Å². The molecule has 2 amide bonds. The number of imidazole rings is 1. The summed E-state index contributed by atoms with van der Waals surface area (Å²) >= 11 is 0. The first-order valence-electron chi connectivity index (χ1n) is 9.77. The third-order valence-electron chi connectivity index (χ3n) is 5.15. The minimum absolute atomic E-state index is 0.0803. The summed E-state index contributed by atoms with van der Waals surface area (Å²) in [4.78, 5) is 31.9. The molecule has 2 aromatic rings. The van der Waals surface area contributed by atoms with E-state index in [-0.39, 0.29) is 11.8 Å². The molecule has 3 rings (SSSR count). The highest BCUT2D eigenvalue weighted by molar-refractivity contribution is 5.97. The van der Waals surface area contributed by atoms with Crippen LogP contribution in [0.4, 0.5) is 0 Å². The second-order valence-electron chi connectivity index (χ2n) is 6.99. The van der Waals surface area contributed by atoms with Gasteiger partial charge in [-0.2, -0.15) is 0 Å². The van der Waals surface area contributed by atoms with Crippen molar-refractivity contribution in [3.8, 4) is 0 Å². The van der Waals surface area contributed by atoms with E-state index < -0.39 is 0 Å². The quantitative estimate of drug-likeness (QED) is 0.852. The van der Waals surface area contributed by atoms with Crippen molar-refractivity contribution in [1.82, 2.24) is 19.8 Å². The van der Waals surface area contributed by atoms with Gasteiger partial charge in [0.15, 0.2) is 5.82 Å². The van der Waals surface area contributed by atoms with E-state index in [1.807, 2.05) is 49.6 Å². The number of carbonyl (C=O) groups excluding carboxylic acids is 2. The minimum Gasteiger partial charge on any atom is -0.345 e. The number of rotatable bonds is 6. The van der Waals surface area contributed by atoms with Crippen LogP contribution in [-0.2, 0) is 19.5 Å². The molecule has 0 radical (unpaired) electrons. The minimum atomic E-state index is -0.225. The Labute approximate surface area is 160 Å². The van der Waals surface area contributed by atoms with Gasteiger partial charge in [-0.1, -0.05) is 29.8 Å². The highest BCUT2D eigenvalue weighted by Crippen LogP contribution is 2.22. The maximum atomic E-state index is 12.8. The molecule has 0 saturated heterocycles. The third kappa shape index (κ3) is 4.04. The van der Waals surface area contributed by atoms with Crippen LogP contribution in [0.1, 0.15) is 64.6 Å². The van der Waals surface area contributed by atoms with Crippen LogP contribution in [0.5, 0.6) is 0 Å². The second-order valence-corrected chi connectivity index (χ2v) is 6.99. The summed E-state index contributed by atoms with van der Waals surface area (Å²) in [5.74, 6) is 0.0490. The SMILES string of the molecule is CCN(CC)C(=O)c1nc(C(=O)NCc2ccc(C)cc2)n2c1CCCC2. The maximum Gasteiger partial charge on any atom is 0.287 e. The van der Waals surface area contributed by atoms with Gasteiger partial charge < -0.3 is 14.8 Å². The Morgan fingerprint density at radius 2 is 1.85 bits per heavy atom. The maximum absolute atomic E-state index is 12.8. The van der Waals surface area contributed by atoms with E-state index in [1.54, 1.807) is 4.90 Å². The summed E-state index contributed by atoms with van der Waals surface area (Å²) in [6.07, 6.45) is 2.82. The average molecular weight is 368 g/mol. The van der Waals surface area contributed by atoms with Gasteiger partial charge in [0.2, 0.25) is 0 Å². The van der Waals surface area contributed by atoms with Crippen LogP contribution in [0.25, 0.3) is 0 Å². The molecule has 1 aromatic carbocycles. The monoisotopic (exact) mass is 368 g/mol. The van der Waals surface area contributed by atoms with E-state index >= 15 is 0 Å². The van der Waals surface area contributed by atoms with Crippen molar-refractivity contribution in [2.24, 2.45) is 0 Å². The number of nitrogens with one attached hydrogen (secondary N) is 1. The molecular formula is C21H28N4O2. The zero-order valence-electron chi connectivity index (χ0n) is 16.4. The smallest absolute Gasteiger partial charge is 0.287 e. The first kappa shape index (κ1) is 19.1. The highest BCUT2D eigenvalue weighted by atomic mass is 16.2. The number of aromatic nitrogens is 2. The zero-order chi connectivity index (χ0) is 19.4. The molecule has 0 spiro atoms. The van der Waals surface area contributed by atoms with Gasteiger partial charge in [0.1, 0.15) is 5.69 Å². The van der Waals surface area contributed by atoms with Gasteiger partial charge >= 0.3 is 0 Å². The van der Waals surface area contributed by atoms with Crippen molar-refractivity contribution in [3.63, 3.8) is 0 Å². The van der Waals surface area contributed by atoms with Gasteiger partial charge in [-0.25, -0.2) is 4.98 Å². The molecule has 27 heavy (non-hydrogen) atoms. The van der Waals surface area contributed by atoms with Gasteiger partial charge in [0.25, 0.3) is 11.8 Å². The highest BCUT2D eigenvalue weighted by Gasteiger charge is 2.29. The fourth-order valence-corrected chi connectivity index (χ4v) is 3.52. The Morgan fingerprint density at radius 3 is 2.52 bits per heavy atom. The molecular weight excluding hydrogens is 340 g/mol. The Morgan fingerprint density at radius 1 is 1.15 bits per heavy atom. The number of fused-ring (bicyclic) bond motifs is 1. The molecule has 0 bridgehead atoms. The number of amides is 2. The summed E-state index contributed by atoms with van der Waals surface area (Å²) in [5.41, 5.74) is 3.57. The van der Waals surface area contributed by atoms with Crippen LogP contribution >= 0.6 is 0 Å².